The summed E-state index contributed by atoms with van der Waals surface area (Å²) >= 11 is 3.37. The molecule has 1 atom stereocenters. The minimum absolute atomic E-state index is 0.188. The number of rotatable bonds is 4. The van der Waals surface area contributed by atoms with E-state index in [2.05, 4.69) is 34.1 Å². The molecular formula is C23H20BrNO2S. The van der Waals surface area contributed by atoms with E-state index in [1.165, 1.54) is 5.56 Å². The first-order chi connectivity index (χ1) is 13.6. The molecule has 3 nitrogen and oxygen atoms in total. The molecule has 0 aromatic heterocycles. The number of nitrogens with zero attached hydrogens (tertiary/aromatic N) is 1. The van der Waals surface area contributed by atoms with Crippen LogP contribution in [0.25, 0.3) is 5.70 Å². The van der Waals surface area contributed by atoms with E-state index in [4.69, 9.17) is 0 Å². The quantitative estimate of drug-likeness (QED) is 0.510. The topological polar surface area (TPSA) is 37.4 Å². The number of benzene rings is 3. The van der Waals surface area contributed by atoms with E-state index in [1.54, 1.807) is 28.6 Å². The van der Waals surface area contributed by atoms with Crippen molar-refractivity contribution in [3.05, 3.63) is 107 Å². The van der Waals surface area contributed by atoms with Crippen molar-refractivity contribution >= 4 is 31.7 Å². The molecule has 0 spiro atoms. The van der Waals surface area contributed by atoms with Crippen LogP contribution in [0, 0.1) is 0 Å². The average molecular weight is 454 g/mol. The largest absolute Gasteiger partial charge is 0.266 e. The second-order valence-corrected chi connectivity index (χ2v) is 9.53. The minimum Gasteiger partial charge on any atom is -0.266 e. The monoisotopic (exact) mass is 453 g/mol. The first-order valence-electron chi connectivity index (χ1n) is 9.16. The molecule has 1 aliphatic heterocycles. The smallest absolute Gasteiger partial charge is 0.264 e. The molecule has 28 heavy (non-hydrogen) atoms. The Balaban J connectivity index is 1.79. The molecule has 0 amide bonds. The molecular weight excluding hydrogens is 434 g/mol. The maximum atomic E-state index is 13.4. The summed E-state index contributed by atoms with van der Waals surface area (Å²) in [6.07, 6.45) is 2.83. The van der Waals surface area contributed by atoms with Crippen molar-refractivity contribution in [2.45, 2.75) is 17.2 Å². The SMILES string of the molecule is O=S(=O)(c1ccc(Br)cc1)N1CCC(c2ccccc2)C=C1c1ccccc1. The van der Waals surface area contributed by atoms with Crippen molar-refractivity contribution in [2.24, 2.45) is 0 Å². The van der Waals surface area contributed by atoms with Crippen LogP contribution in [0.3, 0.4) is 0 Å². The summed E-state index contributed by atoms with van der Waals surface area (Å²) in [4.78, 5) is 0.302. The third kappa shape index (κ3) is 3.77. The molecule has 4 rings (SSSR count). The van der Waals surface area contributed by atoms with Crippen LogP contribution in [-0.4, -0.2) is 19.3 Å². The van der Waals surface area contributed by atoms with Gasteiger partial charge in [-0.1, -0.05) is 82.7 Å². The van der Waals surface area contributed by atoms with E-state index in [0.29, 0.717) is 11.4 Å². The Labute approximate surface area is 174 Å². The van der Waals surface area contributed by atoms with Gasteiger partial charge < -0.3 is 0 Å². The van der Waals surface area contributed by atoms with Gasteiger partial charge in [0.15, 0.2) is 0 Å². The van der Waals surface area contributed by atoms with Gasteiger partial charge in [0.05, 0.1) is 10.6 Å². The highest BCUT2D eigenvalue weighted by Gasteiger charge is 2.31. The number of hydrogen-bond acceptors (Lipinski definition) is 2. The number of halogens is 1. The molecule has 0 radical (unpaired) electrons. The van der Waals surface area contributed by atoms with Gasteiger partial charge in [-0.2, -0.15) is 0 Å². The van der Waals surface area contributed by atoms with Crippen LogP contribution < -0.4 is 0 Å². The molecule has 0 aliphatic carbocycles. The van der Waals surface area contributed by atoms with Crippen LogP contribution in [-0.2, 0) is 10.0 Å². The summed E-state index contributed by atoms with van der Waals surface area (Å²) in [5.41, 5.74) is 2.85. The Morgan fingerprint density at radius 1 is 0.821 bits per heavy atom. The summed E-state index contributed by atoms with van der Waals surface area (Å²) < 4.78 is 29.2. The lowest BCUT2D eigenvalue weighted by molar-refractivity contribution is 0.476. The summed E-state index contributed by atoms with van der Waals surface area (Å²) in [7, 11) is -3.64. The van der Waals surface area contributed by atoms with E-state index in [0.717, 1.165) is 22.2 Å². The van der Waals surface area contributed by atoms with Crippen molar-refractivity contribution in [3.63, 3.8) is 0 Å². The van der Waals surface area contributed by atoms with Crippen molar-refractivity contribution in [2.75, 3.05) is 6.54 Å². The number of sulfonamides is 1. The molecule has 0 bridgehead atoms. The van der Waals surface area contributed by atoms with Gasteiger partial charge in [0, 0.05) is 16.9 Å². The zero-order chi connectivity index (χ0) is 19.6. The van der Waals surface area contributed by atoms with Gasteiger partial charge in [-0.15, -0.1) is 0 Å². The Morgan fingerprint density at radius 2 is 1.43 bits per heavy atom. The predicted molar refractivity (Wildman–Crippen MR) is 116 cm³/mol. The zero-order valence-corrected chi connectivity index (χ0v) is 17.6. The molecule has 1 aliphatic rings. The lowest BCUT2D eigenvalue weighted by atomic mass is 9.91. The maximum Gasteiger partial charge on any atom is 0.264 e. The van der Waals surface area contributed by atoms with E-state index in [9.17, 15) is 8.42 Å². The normalized spacial score (nSPS) is 17.2. The molecule has 0 saturated heterocycles. The summed E-state index contributed by atoms with van der Waals surface area (Å²) in [6.45, 7) is 0.443. The third-order valence-corrected chi connectivity index (χ3v) is 7.33. The molecule has 0 N–H and O–H groups in total. The number of hydrogen-bond donors (Lipinski definition) is 0. The highest BCUT2D eigenvalue weighted by molar-refractivity contribution is 9.10. The summed E-state index contributed by atoms with van der Waals surface area (Å²) in [5.74, 6) is 0.188. The second kappa shape index (κ2) is 7.94. The molecule has 5 heteroatoms. The van der Waals surface area contributed by atoms with E-state index >= 15 is 0 Å². The van der Waals surface area contributed by atoms with Crippen LogP contribution in [0.5, 0.6) is 0 Å². The van der Waals surface area contributed by atoms with Crippen LogP contribution in [0.15, 0.2) is 100 Å². The minimum atomic E-state index is -3.64. The highest BCUT2D eigenvalue weighted by Crippen LogP contribution is 2.36. The van der Waals surface area contributed by atoms with Gasteiger partial charge in [0.25, 0.3) is 10.0 Å². The van der Waals surface area contributed by atoms with Gasteiger partial charge in [-0.25, -0.2) is 8.42 Å². The highest BCUT2D eigenvalue weighted by atomic mass is 79.9. The van der Waals surface area contributed by atoms with E-state index in [1.807, 2.05) is 48.5 Å². The van der Waals surface area contributed by atoms with Crippen molar-refractivity contribution in [3.8, 4) is 0 Å². The first kappa shape index (κ1) is 19.0. The van der Waals surface area contributed by atoms with Crippen molar-refractivity contribution < 1.29 is 8.42 Å². The second-order valence-electron chi connectivity index (χ2n) is 6.75. The van der Waals surface area contributed by atoms with Gasteiger partial charge in [0.2, 0.25) is 0 Å². The van der Waals surface area contributed by atoms with Gasteiger partial charge in [0.1, 0.15) is 0 Å². The first-order valence-corrected chi connectivity index (χ1v) is 11.4. The third-order valence-electron chi connectivity index (χ3n) is 4.97. The Bertz CT molecular complexity index is 1080. The Hall–Kier alpha value is -2.37. The fraction of sp³-hybridized carbons (Fsp3) is 0.130. The molecule has 3 aromatic carbocycles. The van der Waals surface area contributed by atoms with Crippen LogP contribution in [0.2, 0.25) is 0 Å². The lowest BCUT2D eigenvalue weighted by Crippen LogP contribution is -2.34. The molecule has 142 valence electrons. The Kier molecular flexibility index (Phi) is 5.38. The zero-order valence-electron chi connectivity index (χ0n) is 15.2. The van der Waals surface area contributed by atoms with E-state index in [-0.39, 0.29) is 5.92 Å². The molecule has 1 unspecified atom stereocenters. The van der Waals surface area contributed by atoms with E-state index < -0.39 is 10.0 Å². The fourth-order valence-corrected chi connectivity index (χ4v) is 5.30. The molecule has 3 aromatic rings. The Morgan fingerprint density at radius 3 is 2.07 bits per heavy atom. The van der Waals surface area contributed by atoms with Gasteiger partial charge in [-0.05, 0) is 41.8 Å². The number of allylic oxidation sites excluding steroid dienone is 1. The average Bonchev–Trinajstić information content (AvgIpc) is 2.75. The van der Waals surface area contributed by atoms with Crippen LogP contribution >= 0.6 is 15.9 Å². The van der Waals surface area contributed by atoms with Crippen molar-refractivity contribution in [1.82, 2.24) is 4.31 Å². The van der Waals surface area contributed by atoms with Crippen LogP contribution in [0.1, 0.15) is 23.5 Å². The lowest BCUT2D eigenvalue weighted by Gasteiger charge is -2.33. The summed E-state index contributed by atoms with van der Waals surface area (Å²) in [6, 6.07) is 26.8. The fourth-order valence-electron chi connectivity index (χ4n) is 3.53. The molecule has 0 saturated carbocycles. The van der Waals surface area contributed by atoms with Gasteiger partial charge in [-0.3, -0.25) is 4.31 Å². The molecule has 0 fully saturated rings. The predicted octanol–water partition coefficient (Wildman–Crippen LogP) is 5.67. The maximum absolute atomic E-state index is 13.4. The standard InChI is InChI=1S/C23H20BrNO2S/c24-21-11-13-22(14-12-21)28(26,27)25-16-15-20(18-7-3-1-4-8-18)17-23(25)19-9-5-2-6-10-19/h1-14,17,20H,15-16H2. The van der Waals surface area contributed by atoms with Gasteiger partial charge >= 0.3 is 0 Å². The summed E-state index contributed by atoms with van der Waals surface area (Å²) in [5, 5.41) is 0. The molecule has 1 heterocycles. The van der Waals surface area contributed by atoms with Crippen LogP contribution in [0.4, 0.5) is 0 Å². The van der Waals surface area contributed by atoms with Crippen molar-refractivity contribution in [1.29, 1.82) is 0 Å².